The molecule has 4 rings (SSSR count). The van der Waals surface area contributed by atoms with Crippen molar-refractivity contribution in [3.05, 3.63) is 47.0 Å². The molecule has 2 aromatic carbocycles. The number of benzene rings is 2. The van der Waals surface area contributed by atoms with Crippen molar-refractivity contribution < 1.29 is 0 Å². The highest BCUT2D eigenvalue weighted by Crippen LogP contribution is 2.39. The Morgan fingerprint density at radius 1 is 0.857 bits per heavy atom. The molecule has 0 saturated carbocycles. The first-order chi connectivity index (χ1) is 10.3. The summed E-state index contributed by atoms with van der Waals surface area (Å²) in [5.74, 6) is 0. The van der Waals surface area contributed by atoms with E-state index in [9.17, 15) is 0 Å². The zero-order chi connectivity index (χ0) is 14.2. The maximum Gasteiger partial charge on any atom is 0.0390 e. The molecule has 108 valence electrons. The summed E-state index contributed by atoms with van der Waals surface area (Å²) in [5.41, 5.74) is 4.70. The van der Waals surface area contributed by atoms with Crippen LogP contribution in [0.4, 0.5) is 0 Å². The van der Waals surface area contributed by atoms with Crippen molar-refractivity contribution in [3.8, 4) is 0 Å². The minimum atomic E-state index is 1.28. The van der Waals surface area contributed by atoms with Crippen LogP contribution in [-0.4, -0.2) is 0 Å². The van der Waals surface area contributed by atoms with Gasteiger partial charge in [0, 0.05) is 20.2 Å². The minimum absolute atomic E-state index is 1.28. The Bertz CT molecular complexity index is 794. The predicted octanol–water partition coefficient (Wildman–Crippen LogP) is 6.41. The quantitative estimate of drug-likeness (QED) is 0.449. The molecule has 1 heteroatoms. The Balaban J connectivity index is 1.99. The number of fused-ring (bicyclic) bond motifs is 5. The van der Waals surface area contributed by atoms with Crippen LogP contribution in [0.15, 0.2) is 30.3 Å². The summed E-state index contributed by atoms with van der Waals surface area (Å²) < 4.78 is 3.02. The van der Waals surface area contributed by atoms with Crippen molar-refractivity contribution >= 4 is 31.5 Å². The third kappa shape index (κ3) is 2.28. The molecule has 21 heavy (non-hydrogen) atoms. The first-order valence-corrected chi connectivity index (χ1v) is 9.09. The maximum atomic E-state index is 2.42. The highest BCUT2D eigenvalue weighted by molar-refractivity contribution is 7.26. The van der Waals surface area contributed by atoms with E-state index >= 15 is 0 Å². The maximum absolute atomic E-state index is 2.42. The highest BCUT2D eigenvalue weighted by Gasteiger charge is 2.14. The predicted molar refractivity (Wildman–Crippen MR) is 94.6 cm³/mol. The lowest BCUT2D eigenvalue weighted by Gasteiger charge is -2.09. The summed E-state index contributed by atoms with van der Waals surface area (Å²) in [5, 5.41) is 2.98. The molecule has 0 N–H and O–H groups in total. The molecule has 1 aromatic heterocycles. The van der Waals surface area contributed by atoms with Crippen LogP contribution in [0.3, 0.4) is 0 Å². The van der Waals surface area contributed by atoms with Gasteiger partial charge in [0.25, 0.3) is 0 Å². The number of hydrogen-bond donors (Lipinski definition) is 0. The number of thiophene rings is 1. The first kappa shape index (κ1) is 13.3. The monoisotopic (exact) mass is 294 g/mol. The zero-order valence-electron chi connectivity index (χ0n) is 12.7. The molecule has 0 nitrogen and oxygen atoms in total. The summed E-state index contributed by atoms with van der Waals surface area (Å²) in [4.78, 5) is 0. The Labute approximate surface area is 130 Å². The van der Waals surface area contributed by atoms with Gasteiger partial charge in [-0.1, -0.05) is 43.5 Å². The average Bonchev–Trinajstić information content (AvgIpc) is 2.90. The van der Waals surface area contributed by atoms with Gasteiger partial charge in [0.15, 0.2) is 0 Å². The van der Waals surface area contributed by atoms with Crippen LogP contribution in [-0.2, 0) is 12.8 Å². The normalized spacial score (nSPS) is 16.4. The molecule has 0 aliphatic heterocycles. The molecule has 0 amide bonds. The van der Waals surface area contributed by atoms with Gasteiger partial charge < -0.3 is 0 Å². The van der Waals surface area contributed by atoms with Gasteiger partial charge in [0.2, 0.25) is 0 Å². The van der Waals surface area contributed by atoms with Crippen molar-refractivity contribution in [3.63, 3.8) is 0 Å². The van der Waals surface area contributed by atoms with Crippen molar-refractivity contribution in [1.29, 1.82) is 0 Å². The summed E-state index contributed by atoms with van der Waals surface area (Å²) in [6.45, 7) is 2.25. The third-order valence-electron chi connectivity index (χ3n) is 4.95. The molecule has 0 fully saturated rings. The summed E-state index contributed by atoms with van der Waals surface area (Å²) in [7, 11) is 0. The molecule has 3 aromatic rings. The second-order valence-electron chi connectivity index (χ2n) is 6.40. The standard InChI is InChI=1S/C20H22S/c1-14-8-7-11-18-19(14)17-13-12-15-9-5-3-2-4-6-10-16(15)20(17)21-18/h7-8,11-13H,2-6,9-10H2,1H3. The van der Waals surface area contributed by atoms with Crippen molar-refractivity contribution in [2.75, 3.05) is 0 Å². The first-order valence-electron chi connectivity index (χ1n) is 8.27. The van der Waals surface area contributed by atoms with Crippen molar-refractivity contribution in [1.82, 2.24) is 0 Å². The van der Waals surface area contributed by atoms with Crippen molar-refractivity contribution in [2.24, 2.45) is 0 Å². The molecule has 0 bridgehead atoms. The fourth-order valence-electron chi connectivity index (χ4n) is 3.82. The van der Waals surface area contributed by atoms with Crippen molar-refractivity contribution in [2.45, 2.75) is 51.9 Å². The molecule has 0 spiro atoms. The van der Waals surface area contributed by atoms with E-state index in [-0.39, 0.29) is 0 Å². The van der Waals surface area contributed by atoms with Gasteiger partial charge in [-0.3, -0.25) is 0 Å². The number of rotatable bonds is 0. The average molecular weight is 294 g/mol. The van der Waals surface area contributed by atoms with E-state index in [1.54, 1.807) is 15.8 Å². The summed E-state index contributed by atoms with van der Waals surface area (Å²) in [6, 6.07) is 11.5. The zero-order valence-corrected chi connectivity index (χ0v) is 13.6. The molecule has 0 unspecified atom stereocenters. The van der Waals surface area contributed by atoms with Gasteiger partial charge in [0.05, 0.1) is 0 Å². The van der Waals surface area contributed by atoms with Gasteiger partial charge in [0.1, 0.15) is 0 Å². The van der Waals surface area contributed by atoms with Crippen LogP contribution in [0.5, 0.6) is 0 Å². The molecular weight excluding hydrogens is 272 g/mol. The van der Waals surface area contributed by atoms with E-state index < -0.39 is 0 Å². The van der Waals surface area contributed by atoms with E-state index in [1.807, 2.05) is 11.3 Å². The molecule has 0 saturated heterocycles. The van der Waals surface area contributed by atoms with Gasteiger partial charge in [-0.25, -0.2) is 0 Å². The minimum Gasteiger partial charge on any atom is -0.135 e. The van der Waals surface area contributed by atoms with Gasteiger partial charge >= 0.3 is 0 Å². The topological polar surface area (TPSA) is 0 Å². The van der Waals surface area contributed by atoms with E-state index in [4.69, 9.17) is 0 Å². The Hall–Kier alpha value is -1.34. The highest BCUT2D eigenvalue weighted by atomic mass is 32.1. The fraction of sp³-hybridized carbons (Fsp3) is 0.400. The molecule has 1 heterocycles. The van der Waals surface area contributed by atoms with Crippen LogP contribution in [0, 0.1) is 6.92 Å². The van der Waals surface area contributed by atoms with Gasteiger partial charge in [-0.15, -0.1) is 11.3 Å². The number of hydrogen-bond acceptors (Lipinski definition) is 1. The van der Waals surface area contributed by atoms with Crippen LogP contribution in [0.1, 0.15) is 48.8 Å². The van der Waals surface area contributed by atoms with Crippen LogP contribution in [0.2, 0.25) is 0 Å². The smallest absolute Gasteiger partial charge is 0.0390 e. The van der Waals surface area contributed by atoms with Crippen LogP contribution in [0.25, 0.3) is 20.2 Å². The fourth-order valence-corrected chi connectivity index (χ4v) is 5.19. The lowest BCUT2D eigenvalue weighted by Crippen LogP contribution is -1.94. The molecule has 1 aliphatic rings. The Morgan fingerprint density at radius 3 is 2.57 bits per heavy atom. The molecule has 0 radical (unpaired) electrons. The third-order valence-corrected chi connectivity index (χ3v) is 6.18. The summed E-state index contributed by atoms with van der Waals surface area (Å²) in [6.07, 6.45) is 9.50. The second-order valence-corrected chi connectivity index (χ2v) is 7.45. The van der Waals surface area contributed by atoms with E-state index in [0.717, 1.165) is 0 Å². The molecule has 0 atom stereocenters. The lowest BCUT2D eigenvalue weighted by molar-refractivity contribution is 0.629. The van der Waals surface area contributed by atoms with E-state index in [1.165, 1.54) is 66.0 Å². The SMILES string of the molecule is Cc1cccc2sc3c4c(ccc3c12)CCCCCCC4. The Kier molecular flexibility index (Phi) is 3.46. The van der Waals surface area contributed by atoms with Crippen LogP contribution >= 0.6 is 11.3 Å². The van der Waals surface area contributed by atoms with Crippen LogP contribution < -0.4 is 0 Å². The van der Waals surface area contributed by atoms with E-state index in [0.29, 0.717) is 0 Å². The molecule has 1 aliphatic carbocycles. The second kappa shape index (κ2) is 5.46. The number of aryl methyl sites for hydroxylation is 3. The summed E-state index contributed by atoms with van der Waals surface area (Å²) >= 11 is 2.01. The Morgan fingerprint density at radius 2 is 1.67 bits per heavy atom. The van der Waals surface area contributed by atoms with Gasteiger partial charge in [-0.2, -0.15) is 0 Å². The van der Waals surface area contributed by atoms with Gasteiger partial charge in [-0.05, 0) is 55.4 Å². The largest absolute Gasteiger partial charge is 0.135 e. The van der Waals surface area contributed by atoms with E-state index in [2.05, 4.69) is 37.3 Å². The molecular formula is C20H22S. The lowest BCUT2D eigenvalue weighted by atomic mass is 9.96.